The Morgan fingerprint density at radius 2 is 2.30 bits per heavy atom. The van der Waals surface area contributed by atoms with E-state index in [0.717, 1.165) is 11.1 Å². The molecule has 1 aromatic heterocycles. The number of aromatic nitrogens is 3. The van der Waals surface area contributed by atoms with Gasteiger partial charge in [0.05, 0.1) is 6.54 Å². The molecule has 0 radical (unpaired) electrons. The van der Waals surface area contributed by atoms with Gasteiger partial charge in [0.2, 0.25) is 5.91 Å². The van der Waals surface area contributed by atoms with Gasteiger partial charge in [0.1, 0.15) is 19.2 Å². The van der Waals surface area contributed by atoms with Crippen LogP contribution in [-0.2, 0) is 11.3 Å². The molecule has 6 heteroatoms. The Morgan fingerprint density at radius 1 is 1.45 bits per heavy atom. The lowest BCUT2D eigenvalue weighted by atomic mass is 10.1. The van der Waals surface area contributed by atoms with Crippen LogP contribution in [0.5, 0.6) is 0 Å². The van der Waals surface area contributed by atoms with Crippen LogP contribution in [0, 0.1) is 18.8 Å². The third-order valence-electron chi connectivity index (χ3n) is 2.47. The van der Waals surface area contributed by atoms with Gasteiger partial charge in [0.15, 0.2) is 0 Å². The SMILES string of the molecule is Cc1cc(C#CCN)cc(NC(=O)Cn2cncn2)c1. The van der Waals surface area contributed by atoms with Gasteiger partial charge in [-0.05, 0) is 30.7 Å². The molecule has 0 spiro atoms. The number of carbonyl (C=O) groups is 1. The third kappa shape index (κ3) is 3.93. The molecule has 0 saturated heterocycles. The maximum Gasteiger partial charge on any atom is 0.246 e. The molecule has 2 rings (SSSR count). The van der Waals surface area contributed by atoms with E-state index in [0.29, 0.717) is 12.2 Å². The Morgan fingerprint density at radius 3 is 3.00 bits per heavy atom. The van der Waals surface area contributed by atoms with Gasteiger partial charge in [-0.15, -0.1) is 0 Å². The molecule has 0 fully saturated rings. The molecule has 0 bridgehead atoms. The van der Waals surface area contributed by atoms with Crippen molar-refractivity contribution < 1.29 is 4.79 Å². The number of aryl methyl sites for hydroxylation is 1. The summed E-state index contributed by atoms with van der Waals surface area (Å²) in [6.07, 6.45) is 2.88. The van der Waals surface area contributed by atoms with Crippen molar-refractivity contribution in [3.8, 4) is 11.8 Å². The molecule has 1 amide bonds. The second kappa shape index (κ2) is 6.50. The number of rotatable bonds is 3. The largest absolute Gasteiger partial charge is 0.324 e. The summed E-state index contributed by atoms with van der Waals surface area (Å²) in [7, 11) is 0. The fourth-order valence-electron chi connectivity index (χ4n) is 1.74. The summed E-state index contributed by atoms with van der Waals surface area (Å²) >= 11 is 0. The first-order valence-electron chi connectivity index (χ1n) is 6.10. The summed E-state index contributed by atoms with van der Waals surface area (Å²) in [6, 6.07) is 5.64. The van der Waals surface area contributed by atoms with Crippen molar-refractivity contribution >= 4 is 11.6 Å². The second-order valence-electron chi connectivity index (χ2n) is 4.23. The monoisotopic (exact) mass is 269 g/mol. The van der Waals surface area contributed by atoms with Crippen LogP contribution in [0.3, 0.4) is 0 Å². The summed E-state index contributed by atoms with van der Waals surface area (Å²) in [5, 5.41) is 6.69. The van der Waals surface area contributed by atoms with Crippen LogP contribution < -0.4 is 11.1 Å². The molecule has 0 atom stereocenters. The lowest BCUT2D eigenvalue weighted by Gasteiger charge is -2.07. The smallest absolute Gasteiger partial charge is 0.246 e. The van der Waals surface area contributed by atoms with E-state index in [2.05, 4.69) is 27.2 Å². The van der Waals surface area contributed by atoms with Gasteiger partial charge in [0.25, 0.3) is 0 Å². The van der Waals surface area contributed by atoms with Crippen LogP contribution >= 0.6 is 0 Å². The van der Waals surface area contributed by atoms with E-state index in [1.54, 1.807) is 0 Å². The highest BCUT2D eigenvalue weighted by atomic mass is 16.2. The van der Waals surface area contributed by atoms with Crippen LogP contribution in [-0.4, -0.2) is 27.2 Å². The Labute approximate surface area is 117 Å². The minimum atomic E-state index is -0.168. The molecule has 102 valence electrons. The van der Waals surface area contributed by atoms with Crippen LogP contribution in [0.15, 0.2) is 30.9 Å². The molecule has 20 heavy (non-hydrogen) atoms. The van der Waals surface area contributed by atoms with E-state index in [1.165, 1.54) is 17.3 Å². The molecule has 3 N–H and O–H groups in total. The maximum absolute atomic E-state index is 11.9. The Balaban J connectivity index is 2.08. The van der Waals surface area contributed by atoms with E-state index in [4.69, 9.17) is 5.73 Å². The molecule has 2 aromatic rings. The van der Waals surface area contributed by atoms with E-state index in [-0.39, 0.29) is 12.5 Å². The van der Waals surface area contributed by atoms with E-state index in [9.17, 15) is 4.79 Å². The zero-order valence-corrected chi connectivity index (χ0v) is 11.1. The molecule has 0 aliphatic heterocycles. The van der Waals surface area contributed by atoms with Crippen molar-refractivity contribution in [1.29, 1.82) is 0 Å². The molecular formula is C14H15N5O. The summed E-state index contributed by atoms with van der Waals surface area (Å²) in [5.74, 6) is 5.57. The number of nitrogens with zero attached hydrogens (tertiary/aromatic N) is 3. The average molecular weight is 269 g/mol. The predicted octanol–water partition coefficient (Wildman–Crippen LogP) is 0.535. The minimum Gasteiger partial charge on any atom is -0.324 e. The lowest BCUT2D eigenvalue weighted by Crippen LogP contribution is -2.19. The van der Waals surface area contributed by atoms with Crippen molar-refractivity contribution in [3.05, 3.63) is 42.0 Å². The Hall–Kier alpha value is -2.65. The van der Waals surface area contributed by atoms with E-state index < -0.39 is 0 Å². The molecule has 6 nitrogen and oxygen atoms in total. The number of hydrogen-bond donors (Lipinski definition) is 2. The zero-order valence-electron chi connectivity index (χ0n) is 11.1. The average Bonchev–Trinajstić information content (AvgIpc) is 2.88. The van der Waals surface area contributed by atoms with Gasteiger partial charge in [-0.2, -0.15) is 5.10 Å². The standard InChI is InChI=1S/C14H15N5O/c1-11-5-12(3-2-4-15)7-13(6-11)18-14(20)8-19-10-16-9-17-19/h5-7,9-10H,4,8,15H2,1H3,(H,18,20). The summed E-state index contributed by atoms with van der Waals surface area (Å²) in [5.41, 5.74) is 7.90. The predicted molar refractivity (Wildman–Crippen MR) is 75.8 cm³/mol. The molecule has 1 aromatic carbocycles. The van der Waals surface area contributed by atoms with Gasteiger partial charge >= 0.3 is 0 Å². The number of amides is 1. The molecule has 1 heterocycles. The van der Waals surface area contributed by atoms with Gasteiger partial charge < -0.3 is 11.1 Å². The quantitative estimate of drug-likeness (QED) is 0.796. The van der Waals surface area contributed by atoms with Crippen molar-refractivity contribution in [3.63, 3.8) is 0 Å². The topological polar surface area (TPSA) is 85.8 Å². The Bertz CT molecular complexity index is 652. The highest BCUT2D eigenvalue weighted by molar-refractivity contribution is 5.90. The van der Waals surface area contributed by atoms with Gasteiger partial charge in [-0.25, -0.2) is 9.67 Å². The molecule has 0 saturated carbocycles. The molecular weight excluding hydrogens is 254 g/mol. The first-order valence-corrected chi connectivity index (χ1v) is 6.10. The number of nitrogens with one attached hydrogen (secondary N) is 1. The van der Waals surface area contributed by atoms with Crippen molar-refractivity contribution in [2.75, 3.05) is 11.9 Å². The van der Waals surface area contributed by atoms with Crippen molar-refractivity contribution in [2.45, 2.75) is 13.5 Å². The van der Waals surface area contributed by atoms with Gasteiger partial charge in [0, 0.05) is 11.3 Å². The number of carbonyl (C=O) groups excluding carboxylic acids is 1. The Kier molecular flexibility index (Phi) is 4.47. The van der Waals surface area contributed by atoms with Gasteiger partial charge in [-0.1, -0.05) is 11.8 Å². The fraction of sp³-hybridized carbons (Fsp3) is 0.214. The van der Waals surface area contributed by atoms with Crippen LogP contribution in [0.1, 0.15) is 11.1 Å². The normalized spacial score (nSPS) is 9.70. The molecule has 0 aliphatic carbocycles. The summed E-state index contributed by atoms with van der Waals surface area (Å²) in [4.78, 5) is 15.6. The first kappa shape index (κ1) is 13.8. The first-order chi connectivity index (χ1) is 9.67. The van der Waals surface area contributed by atoms with Crippen LogP contribution in [0.2, 0.25) is 0 Å². The highest BCUT2D eigenvalue weighted by Crippen LogP contribution is 2.14. The van der Waals surface area contributed by atoms with Crippen LogP contribution in [0.4, 0.5) is 5.69 Å². The number of anilines is 1. The van der Waals surface area contributed by atoms with Gasteiger partial charge in [-0.3, -0.25) is 4.79 Å². The summed E-state index contributed by atoms with van der Waals surface area (Å²) in [6.45, 7) is 2.38. The zero-order chi connectivity index (χ0) is 14.4. The third-order valence-corrected chi connectivity index (χ3v) is 2.47. The minimum absolute atomic E-state index is 0.123. The van der Waals surface area contributed by atoms with Crippen LogP contribution in [0.25, 0.3) is 0 Å². The number of benzene rings is 1. The molecule has 0 unspecified atom stereocenters. The second-order valence-corrected chi connectivity index (χ2v) is 4.23. The lowest BCUT2D eigenvalue weighted by molar-refractivity contribution is -0.116. The van der Waals surface area contributed by atoms with E-state index in [1.807, 2.05) is 25.1 Å². The van der Waals surface area contributed by atoms with E-state index >= 15 is 0 Å². The highest BCUT2D eigenvalue weighted by Gasteiger charge is 2.05. The van der Waals surface area contributed by atoms with Crippen molar-refractivity contribution in [2.24, 2.45) is 5.73 Å². The number of nitrogens with two attached hydrogens (primary N) is 1. The molecule has 0 aliphatic rings. The maximum atomic E-state index is 11.9. The van der Waals surface area contributed by atoms with Crippen molar-refractivity contribution in [1.82, 2.24) is 14.8 Å². The summed E-state index contributed by atoms with van der Waals surface area (Å²) < 4.78 is 1.46. The fourth-order valence-corrected chi connectivity index (χ4v) is 1.74. The number of hydrogen-bond acceptors (Lipinski definition) is 4.